The fraction of sp³-hybridized carbons (Fsp3) is 0.588. The van der Waals surface area contributed by atoms with Gasteiger partial charge in [-0.1, -0.05) is 44.2 Å². The van der Waals surface area contributed by atoms with E-state index in [4.69, 9.17) is 0 Å². The number of nitrogens with zero attached hydrogens (tertiary/aromatic N) is 1. The number of amides is 1. The third kappa shape index (κ3) is 3.59. The Bertz CT molecular complexity index is 401. The van der Waals surface area contributed by atoms with Crippen molar-refractivity contribution in [2.45, 2.75) is 57.9 Å². The van der Waals surface area contributed by atoms with Crippen LogP contribution in [0, 0.1) is 0 Å². The van der Waals surface area contributed by atoms with Crippen LogP contribution in [0.5, 0.6) is 0 Å². The lowest BCUT2D eigenvalue weighted by Crippen LogP contribution is -2.43. The smallest absolute Gasteiger partial charge is 0.223 e. The van der Waals surface area contributed by atoms with Crippen LogP contribution in [0.25, 0.3) is 0 Å². The van der Waals surface area contributed by atoms with Crippen molar-refractivity contribution in [1.82, 2.24) is 4.90 Å². The third-order valence-electron chi connectivity index (χ3n) is 4.27. The van der Waals surface area contributed by atoms with Crippen LogP contribution >= 0.6 is 0 Å². The molecule has 2 atom stereocenters. The number of hydrogen-bond donors (Lipinski definition) is 0. The molecule has 0 aliphatic carbocycles. The van der Waals surface area contributed by atoms with Crippen LogP contribution in [0.4, 0.5) is 0 Å². The van der Waals surface area contributed by atoms with Crippen molar-refractivity contribution in [3.05, 3.63) is 35.9 Å². The van der Waals surface area contributed by atoms with Crippen molar-refractivity contribution in [3.63, 3.8) is 0 Å². The van der Waals surface area contributed by atoms with Crippen LogP contribution in [0.1, 0.15) is 57.4 Å². The van der Waals surface area contributed by atoms with Gasteiger partial charge in [0.1, 0.15) is 0 Å². The first-order chi connectivity index (χ1) is 9.22. The summed E-state index contributed by atoms with van der Waals surface area (Å²) < 4.78 is 0. The molecule has 1 heterocycles. The van der Waals surface area contributed by atoms with Gasteiger partial charge < -0.3 is 4.90 Å². The fourth-order valence-electron chi connectivity index (χ4n) is 3.03. The molecule has 1 aromatic carbocycles. The van der Waals surface area contributed by atoms with E-state index >= 15 is 0 Å². The molecule has 2 nitrogen and oxygen atoms in total. The molecule has 0 saturated carbocycles. The van der Waals surface area contributed by atoms with Gasteiger partial charge in [-0.3, -0.25) is 4.79 Å². The number of benzene rings is 1. The lowest BCUT2D eigenvalue weighted by Gasteiger charge is -2.36. The van der Waals surface area contributed by atoms with Gasteiger partial charge in [-0.15, -0.1) is 0 Å². The number of rotatable bonds is 4. The predicted molar refractivity (Wildman–Crippen MR) is 79.1 cm³/mol. The number of hydrogen-bond acceptors (Lipinski definition) is 1. The maximum atomic E-state index is 12.5. The van der Waals surface area contributed by atoms with E-state index in [0.29, 0.717) is 24.3 Å². The first-order valence-electron chi connectivity index (χ1n) is 7.56. The van der Waals surface area contributed by atoms with E-state index in [0.717, 1.165) is 13.0 Å². The molecule has 2 rings (SSSR count). The normalized spacial score (nSPS) is 21.2. The Labute approximate surface area is 116 Å². The summed E-state index contributed by atoms with van der Waals surface area (Å²) in [5.74, 6) is 0.649. The average molecular weight is 259 g/mol. The zero-order valence-corrected chi connectivity index (χ0v) is 12.1. The molecular formula is C17H25NO. The van der Waals surface area contributed by atoms with Gasteiger partial charge in [0.05, 0.1) is 0 Å². The highest BCUT2D eigenvalue weighted by atomic mass is 16.2. The van der Waals surface area contributed by atoms with E-state index in [2.05, 4.69) is 30.9 Å². The highest BCUT2D eigenvalue weighted by Crippen LogP contribution is 2.24. The zero-order chi connectivity index (χ0) is 13.7. The molecule has 1 aliphatic heterocycles. The van der Waals surface area contributed by atoms with E-state index in [1.54, 1.807) is 0 Å². The summed E-state index contributed by atoms with van der Waals surface area (Å²) in [5.41, 5.74) is 1.26. The van der Waals surface area contributed by atoms with Crippen molar-refractivity contribution in [2.24, 2.45) is 0 Å². The van der Waals surface area contributed by atoms with Crippen LogP contribution in [0.2, 0.25) is 0 Å². The van der Waals surface area contributed by atoms with Crippen LogP contribution in [0.15, 0.2) is 30.3 Å². The maximum Gasteiger partial charge on any atom is 0.223 e. The molecule has 0 spiro atoms. The Balaban J connectivity index is 1.96. The van der Waals surface area contributed by atoms with Crippen molar-refractivity contribution in [3.8, 4) is 0 Å². The van der Waals surface area contributed by atoms with Crippen LogP contribution < -0.4 is 0 Å². The summed E-state index contributed by atoms with van der Waals surface area (Å²) in [4.78, 5) is 14.6. The summed E-state index contributed by atoms with van der Waals surface area (Å²) in [6, 6.07) is 10.8. The van der Waals surface area contributed by atoms with Gasteiger partial charge in [-0.05, 0) is 37.2 Å². The summed E-state index contributed by atoms with van der Waals surface area (Å²) in [6.07, 6.45) is 5.35. The second-order valence-corrected chi connectivity index (χ2v) is 5.66. The highest BCUT2D eigenvalue weighted by Gasteiger charge is 2.26. The van der Waals surface area contributed by atoms with Gasteiger partial charge in [-0.25, -0.2) is 0 Å². The number of likely N-dealkylation sites (tertiary alicyclic amines) is 1. The third-order valence-corrected chi connectivity index (χ3v) is 4.27. The lowest BCUT2D eigenvalue weighted by molar-refractivity contribution is -0.135. The Morgan fingerprint density at radius 3 is 2.74 bits per heavy atom. The monoisotopic (exact) mass is 259 g/mol. The molecule has 0 aromatic heterocycles. The Kier molecular flexibility index (Phi) is 5.00. The molecule has 104 valence electrons. The highest BCUT2D eigenvalue weighted by molar-refractivity contribution is 5.77. The molecule has 19 heavy (non-hydrogen) atoms. The molecule has 0 radical (unpaired) electrons. The SMILES string of the molecule is CCC1CCCCN1C(=O)CC(C)c1ccccc1. The molecule has 2 heteroatoms. The summed E-state index contributed by atoms with van der Waals surface area (Å²) in [5, 5.41) is 0. The first kappa shape index (κ1) is 14.1. The molecule has 1 aromatic rings. The second kappa shape index (κ2) is 6.74. The number of carbonyl (C=O) groups is 1. The van der Waals surface area contributed by atoms with Crippen LogP contribution in [0.3, 0.4) is 0 Å². The van der Waals surface area contributed by atoms with E-state index in [1.165, 1.54) is 24.8 Å². The van der Waals surface area contributed by atoms with Gasteiger partial charge in [-0.2, -0.15) is 0 Å². The molecular weight excluding hydrogens is 234 g/mol. The van der Waals surface area contributed by atoms with Crippen LogP contribution in [-0.2, 0) is 4.79 Å². The molecule has 1 saturated heterocycles. The topological polar surface area (TPSA) is 20.3 Å². The maximum absolute atomic E-state index is 12.5. The van der Waals surface area contributed by atoms with E-state index in [-0.39, 0.29) is 0 Å². The van der Waals surface area contributed by atoms with Gasteiger partial charge in [0.15, 0.2) is 0 Å². The summed E-state index contributed by atoms with van der Waals surface area (Å²) in [7, 11) is 0. The molecule has 2 unspecified atom stereocenters. The van der Waals surface area contributed by atoms with Crippen LogP contribution in [-0.4, -0.2) is 23.4 Å². The fourth-order valence-corrected chi connectivity index (χ4v) is 3.03. The lowest BCUT2D eigenvalue weighted by atomic mass is 9.94. The Morgan fingerprint density at radius 2 is 2.05 bits per heavy atom. The molecule has 0 bridgehead atoms. The Hall–Kier alpha value is -1.31. The van der Waals surface area contributed by atoms with Crippen molar-refractivity contribution >= 4 is 5.91 Å². The largest absolute Gasteiger partial charge is 0.340 e. The first-order valence-corrected chi connectivity index (χ1v) is 7.56. The van der Waals surface area contributed by atoms with Gasteiger partial charge in [0.25, 0.3) is 0 Å². The minimum Gasteiger partial charge on any atom is -0.340 e. The molecule has 1 fully saturated rings. The predicted octanol–water partition coefficient (Wildman–Crippen LogP) is 3.97. The number of carbonyl (C=O) groups excluding carboxylic acids is 1. The quantitative estimate of drug-likeness (QED) is 0.801. The van der Waals surface area contributed by atoms with Crippen molar-refractivity contribution < 1.29 is 4.79 Å². The summed E-state index contributed by atoms with van der Waals surface area (Å²) >= 11 is 0. The minimum atomic E-state index is 0.313. The average Bonchev–Trinajstić information content (AvgIpc) is 2.48. The summed E-state index contributed by atoms with van der Waals surface area (Å²) in [6.45, 7) is 5.30. The van der Waals surface area contributed by atoms with Gasteiger partial charge in [0.2, 0.25) is 5.91 Å². The molecule has 0 N–H and O–H groups in total. The van der Waals surface area contributed by atoms with Gasteiger partial charge >= 0.3 is 0 Å². The second-order valence-electron chi connectivity index (χ2n) is 5.66. The number of piperidine rings is 1. The zero-order valence-electron chi connectivity index (χ0n) is 12.1. The van der Waals surface area contributed by atoms with Gasteiger partial charge in [0, 0.05) is 19.0 Å². The van der Waals surface area contributed by atoms with E-state index < -0.39 is 0 Å². The Morgan fingerprint density at radius 1 is 1.32 bits per heavy atom. The van der Waals surface area contributed by atoms with Crippen molar-refractivity contribution in [2.75, 3.05) is 6.54 Å². The molecule has 1 amide bonds. The van der Waals surface area contributed by atoms with E-state index in [9.17, 15) is 4.79 Å². The molecule has 1 aliphatic rings. The van der Waals surface area contributed by atoms with Crippen molar-refractivity contribution in [1.29, 1.82) is 0 Å². The minimum absolute atomic E-state index is 0.313. The van der Waals surface area contributed by atoms with E-state index in [1.807, 2.05) is 18.2 Å². The standard InChI is InChI=1S/C17H25NO/c1-3-16-11-7-8-12-18(16)17(19)13-14(2)15-9-5-4-6-10-15/h4-6,9-10,14,16H,3,7-8,11-13H2,1-2H3.